The first-order chi connectivity index (χ1) is 14.3. The number of anilines is 1. The van der Waals surface area contributed by atoms with Gasteiger partial charge in [-0.25, -0.2) is 18.4 Å². The Hall–Kier alpha value is -3.46. The summed E-state index contributed by atoms with van der Waals surface area (Å²) >= 11 is 0. The predicted octanol–water partition coefficient (Wildman–Crippen LogP) is 3.05. The number of aromatic hydroxyl groups is 1. The number of ether oxygens (including phenoxy) is 1. The lowest BCUT2D eigenvalue weighted by Gasteiger charge is -2.08. The summed E-state index contributed by atoms with van der Waals surface area (Å²) in [5.74, 6) is 0.916. The summed E-state index contributed by atoms with van der Waals surface area (Å²) in [5.41, 5.74) is 1.15. The topological polar surface area (TPSA) is 118 Å². The molecular formula is C21H21N3O5S. The van der Waals surface area contributed by atoms with E-state index in [0.717, 1.165) is 6.26 Å². The number of nitrogens with zero attached hydrogens (tertiary/aromatic N) is 2. The Kier molecular flexibility index (Phi) is 6.63. The van der Waals surface area contributed by atoms with Crippen molar-refractivity contribution in [3.8, 4) is 22.9 Å². The molecule has 0 radical (unpaired) electrons. The SMILES string of the molecule is CS(=O)(=O)c1ccc(OCCCC(=O)Nc2cnc(-c3cccc(O)c3)nc2)cc1. The lowest BCUT2D eigenvalue weighted by molar-refractivity contribution is -0.116. The fourth-order valence-electron chi connectivity index (χ4n) is 2.62. The van der Waals surface area contributed by atoms with Crippen LogP contribution < -0.4 is 10.1 Å². The first-order valence-electron chi connectivity index (χ1n) is 9.15. The van der Waals surface area contributed by atoms with E-state index in [1.165, 1.54) is 24.5 Å². The van der Waals surface area contributed by atoms with Gasteiger partial charge < -0.3 is 15.2 Å². The van der Waals surface area contributed by atoms with E-state index in [-0.39, 0.29) is 23.0 Å². The molecule has 2 aromatic carbocycles. The summed E-state index contributed by atoms with van der Waals surface area (Å²) in [7, 11) is -3.24. The predicted molar refractivity (Wildman–Crippen MR) is 112 cm³/mol. The quantitative estimate of drug-likeness (QED) is 0.530. The van der Waals surface area contributed by atoms with E-state index in [1.54, 1.807) is 36.4 Å². The molecule has 156 valence electrons. The molecule has 0 atom stereocenters. The molecular weight excluding hydrogens is 406 g/mol. The van der Waals surface area contributed by atoms with Crippen LogP contribution >= 0.6 is 0 Å². The van der Waals surface area contributed by atoms with Crippen molar-refractivity contribution in [1.82, 2.24) is 9.97 Å². The molecule has 8 nitrogen and oxygen atoms in total. The van der Waals surface area contributed by atoms with Crippen LogP contribution in [0.4, 0.5) is 5.69 Å². The number of sulfone groups is 1. The molecule has 1 aromatic heterocycles. The molecule has 1 amide bonds. The Morgan fingerprint density at radius 2 is 1.80 bits per heavy atom. The molecule has 0 aliphatic carbocycles. The first kappa shape index (κ1) is 21.3. The van der Waals surface area contributed by atoms with E-state index in [4.69, 9.17) is 4.74 Å². The van der Waals surface area contributed by atoms with E-state index in [9.17, 15) is 18.3 Å². The third kappa shape index (κ3) is 6.02. The summed E-state index contributed by atoms with van der Waals surface area (Å²) < 4.78 is 28.4. The maximum atomic E-state index is 12.1. The Labute approximate surface area is 174 Å². The summed E-state index contributed by atoms with van der Waals surface area (Å²) in [5, 5.41) is 12.2. The van der Waals surface area contributed by atoms with Gasteiger partial charge in [-0.1, -0.05) is 12.1 Å². The highest BCUT2D eigenvalue weighted by atomic mass is 32.2. The molecule has 0 spiro atoms. The van der Waals surface area contributed by atoms with Crippen molar-refractivity contribution >= 4 is 21.4 Å². The zero-order valence-corrected chi connectivity index (χ0v) is 17.1. The molecule has 1 heterocycles. The first-order valence-corrected chi connectivity index (χ1v) is 11.0. The standard InChI is InChI=1S/C21H21N3O5S/c1-30(27,28)19-9-7-18(8-10-19)29-11-3-6-20(26)24-16-13-22-21(23-14-16)15-4-2-5-17(25)12-15/h2,4-5,7-10,12-14,25H,3,6,11H2,1H3,(H,24,26). The monoisotopic (exact) mass is 427 g/mol. The maximum absolute atomic E-state index is 12.1. The van der Waals surface area contributed by atoms with E-state index in [2.05, 4.69) is 15.3 Å². The van der Waals surface area contributed by atoms with Crippen molar-refractivity contribution < 1.29 is 23.1 Å². The molecule has 2 N–H and O–H groups in total. The van der Waals surface area contributed by atoms with Crippen LogP contribution in [0.25, 0.3) is 11.4 Å². The van der Waals surface area contributed by atoms with Crippen molar-refractivity contribution in [3.05, 3.63) is 60.9 Å². The molecule has 0 unspecified atom stereocenters. The Bertz CT molecular complexity index is 1110. The van der Waals surface area contributed by atoms with Crippen LogP contribution in [-0.4, -0.2) is 42.3 Å². The molecule has 0 saturated carbocycles. The third-order valence-corrected chi connectivity index (χ3v) is 5.24. The lowest BCUT2D eigenvalue weighted by Crippen LogP contribution is -2.13. The fraction of sp³-hybridized carbons (Fsp3) is 0.190. The van der Waals surface area contributed by atoms with E-state index >= 15 is 0 Å². The molecule has 30 heavy (non-hydrogen) atoms. The van der Waals surface area contributed by atoms with Crippen LogP contribution in [0.5, 0.6) is 11.5 Å². The van der Waals surface area contributed by atoms with Gasteiger partial charge in [-0.05, 0) is 42.8 Å². The maximum Gasteiger partial charge on any atom is 0.224 e. The smallest absolute Gasteiger partial charge is 0.224 e. The van der Waals surface area contributed by atoms with E-state index < -0.39 is 9.84 Å². The number of phenolic OH excluding ortho intramolecular Hbond substituents is 1. The number of aromatic nitrogens is 2. The minimum Gasteiger partial charge on any atom is -0.508 e. The number of amides is 1. The van der Waals surface area contributed by atoms with Crippen LogP contribution in [0.2, 0.25) is 0 Å². The normalized spacial score (nSPS) is 11.1. The van der Waals surface area contributed by atoms with Gasteiger partial charge in [0.05, 0.1) is 29.6 Å². The number of carbonyl (C=O) groups is 1. The number of benzene rings is 2. The average molecular weight is 427 g/mol. The second-order valence-electron chi connectivity index (χ2n) is 6.59. The minimum absolute atomic E-state index is 0.127. The van der Waals surface area contributed by atoms with Gasteiger partial charge in [0, 0.05) is 18.2 Å². The number of nitrogens with one attached hydrogen (secondary N) is 1. The van der Waals surface area contributed by atoms with E-state index in [1.807, 2.05) is 0 Å². The number of hydrogen-bond acceptors (Lipinski definition) is 7. The molecule has 9 heteroatoms. The highest BCUT2D eigenvalue weighted by Crippen LogP contribution is 2.20. The zero-order valence-electron chi connectivity index (χ0n) is 16.3. The van der Waals surface area contributed by atoms with Gasteiger partial charge in [-0.2, -0.15) is 0 Å². The molecule has 0 fully saturated rings. The number of hydrogen-bond donors (Lipinski definition) is 2. The number of rotatable bonds is 8. The van der Waals surface area contributed by atoms with Crippen molar-refractivity contribution in [2.24, 2.45) is 0 Å². The average Bonchev–Trinajstić information content (AvgIpc) is 2.71. The van der Waals surface area contributed by atoms with Gasteiger partial charge in [0.2, 0.25) is 5.91 Å². The Morgan fingerprint density at radius 1 is 1.10 bits per heavy atom. The van der Waals surface area contributed by atoms with Gasteiger partial charge in [0.15, 0.2) is 15.7 Å². The summed E-state index contributed by atoms with van der Waals surface area (Å²) in [6, 6.07) is 12.7. The van der Waals surface area contributed by atoms with Gasteiger partial charge in [-0.3, -0.25) is 4.79 Å². The van der Waals surface area contributed by atoms with Gasteiger partial charge in [-0.15, -0.1) is 0 Å². The van der Waals surface area contributed by atoms with Crippen LogP contribution in [0.15, 0.2) is 65.8 Å². The minimum atomic E-state index is -3.24. The summed E-state index contributed by atoms with van der Waals surface area (Å²) in [6.07, 6.45) is 4.89. The molecule has 0 aliphatic heterocycles. The molecule has 0 aliphatic rings. The third-order valence-electron chi connectivity index (χ3n) is 4.11. The van der Waals surface area contributed by atoms with Crippen molar-refractivity contribution in [1.29, 1.82) is 0 Å². The zero-order chi connectivity index (χ0) is 21.6. The Morgan fingerprint density at radius 3 is 2.43 bits per heavy atom. The lowest BCUT2D eigenvalue weighted by atomic mass is 10.2. The van der Waals surface area contributed by atoms with Gasteiger partial charge in [0.25, 0.3) is 0 Å². The van der Waals surface area contributed by atoms with Crippen LogP contribution in [0, 0.1) is 0 Å². The van der Waals surface area contributed by atoms with Crippen molar-refractivity contribution in [2.45, 2.75) is 17.7 Å². The second kappa shape index (κ2) is 9.36. The van der Waals surface area contributed by atoms with Crippen LogP contribution in [-0.2, 0) is 14.6 Å². The summed E-state index contributed by atoms with van der Waals surface area (Å²) in [4.78, 5) is 20.7. The molecule has 0 saturated heterocycles. The van der Waals surface area contributed by atoms with Crippen LogP contribution in [0.3, 0.4) is 0 Å². The largest absolute Gasteiger partial charge is 0.508 e. The number of carbonyl (C=O) groups excluding carboxylic acids is 1. The van der Waals surface area contributed by atoms with Gasteiger partial charge >= 0.3 is 0 Å². The summed E-state index contributed by atoms with van der Waals surface area (Å²) in [6.45, 7) is 0.318. The number of phenols is 1. The fourth-order valence-corrected chi connectivity index (χ4v) is 3.25. The van der Waals surface area contributed by atoms with Gasteiger partial charge in [0.1, 0.15) is 11.5 Å². The molecule has 3 rings (SSSR count). The molecule has 3 aromatic rings. The second-order valence-corrected chi connectivity index (χ2v) is 8.61. The van der Waals surface area contributed by atoms with E-state index in [0.29, 0.717) is 35.9 Å². The van der Waals surface area contributed by atoms with Crippen molar-refractivity contribution in [3.63, 3.8) is 0 Å². The molecule has 0 bridgehead atoms. The highest BCUT2D eigenvalue weighted by molar-refractivity contribution is 7.90. The Balaban J connectivity index is 1.43. The highest BCUT2D eigenvalue weighted by Gasteiger charge is 2.08. The van der Waals surface area contributed by atoms with Crippen LogP contribution in [0.1, 0.15) is 12.8 Å². The van der Waals surface area contributed by atoms with Crippen molar-refractivity contribution in [2.75, 3.05) is 18.2 Å².